The molecule has 120 valence electrons. The molecule has 0 saturated carbocycles. The quantitative estimate of drug-likeness (QED) is 0.826. The van der Waals surface area contributed by atoms with E-state index in [1.165, 1.54) is 27.1 Å². The van der Waals surface area contributed by atoms with Crippen LogP contribution < -0.4 is 5.73 Å². The topological polar surface area (TPSA) is 80.5 Å². The number of amides is 1. The molecule has 22 heavy (non-hydrogen) atoms. The Kier molecular flexibility index (Phi) is 5.38. The van der Waals surface area contributed by atoms with Gasteiger partial charge in [-0.25, -0.2) is 8.42 Å². The summed E-state index contributed by atoms with van der Waals surface area (Å²) in [4.78, 5) is 11.2. The summed E-state index contributed by atoms with van der Waals surface area (Å²) < 4.78 is 27.4. The number of rotatable bonds is 7. The van der Waals surface area contributed by atoms with Gasteiger partial charge in [0.2, 0.25) is 5.91 Å². The van der Waals surface area contributed by atoms with E-state index in [2.05, 4.69) is 0 Å². The SMILES string of the molecule is CCC(C)N(Cc1ccsc1)S(=O)(=O)c1cc(C(N)=O)cs1. The number of thiophene rings is 2. The predicted octanol–water partition coefficient (Wildman–Crippen LogP) is 2.90. The largest absolute Gasteiger partial charge is 0.366 e. The van der Waals surface area contributed by atoms with Crippen molar-refractivity contribution >= 4 is 38.6 Å². The van der Waals surface area contributed by atoms with Crippen LogP contribution in [0.4, 0.5) is 0 Å². The van der Waals surface area contributed by atoms with Gasteiger partial charge >= 0.3 is 0 Å². The Balaban J connectivity index is 2.37. The molecule has 0 saturated heterocycles. The van der Waals surface area contributed by atoms with Crippen LogP contribution in [0.5, 0.6) is 0 Å². The van der Waals surface area contributed by atoms with Gasteiger partial charge in [0.25, 0.3) is 10.0 Å². The average molecular weight is 359 g/mol. The molecule has 1 unspecified atom stereocenters. The van der Waals surface area contributed by atoms with E-state index in [1.807, 2.05) is 30.7 Å². The van der Waals surface area contributed by atoms with Crippen molar-refractivity contribution in [3.63, 3.8) is 0 Å². The van der Waals surface area contributed by atoms with E-state index in [4.69, 9.17) is 5.73 Å². The number of primary amides is 1. The monoisotopic (exact) mass is 358 g/mol. The molecule has 2 rings (SSSR count). The highest BCUT2D eigenvalue weighted by Crippen LogP contribution is 2.27. The minimum atomic E-state index is -3.65. The third-order valence-electron chi connectivity index (χ3n) is 3.42. The fraction of sp³-hybridized carbons (Fsp3) is 0.357. The Morgan fingerprint density at radius 2 is 2.14 bits per heavy atom. The van der Waals surface area contributed by atoms with Crippen molar-refractivity contribution in [2.24, 2.45) is 5.73 Å². The Hall–Kier alpha value is -1.22. The van der Waals surface area contributed by atoms with Crippen LogP contribution in [0.25, 0.3) is 0 Å². The van der Waals surface area contributed by atoms with Crippen LogP contribution in [-0.4, -0.2) is 24.7 Å². The molecule has 2 N–H and O–H groups in total. The number of carbonyl (C=O) groups excluding carboxylic acids is 1. The first-order valence-corrected chi connectivity index (χ1v) is 10.0. The molecule has 2 aromatic heterocycles. The van der Waals surface area contributed by atoms with Crippen LogP contribution in [0.1, 0.15) is 36.2 Å². The Morgan fingerprint density at radius 3 is 2.64 bits per heavy atom. The molecule has 0 fully saturated rings. The van der Waals surface area contributed by atoms with E-state index in [9.17, 15) is 13.2 Å². The fourth-order valence-electron chi connectivity index (χ4n) is 1.94. The summed E-state index contributed by atoms with van der Waals surface area (Å²) in [6.45, 7) is 4.15. The molecule has 1 atom stereocenters. The number of hydrogen-bond acceptors (Lipinski definition) is 5. The van der Waals surface area contributed by atoms with E-state index in [-0.39, 0.29) is 15.8 Å². The maximum Gasteiger partial charge on any atom is 0.253 e. The Labute approximate surface area is 138 Å². The lowest BCUT2D eigenvalue weighted by Crippen LogP contribution is -2.37. The van der Waals surface area contributed by atoms with Crippen LogP contribution in [-0.2, 0) is 16.6 Å². The first-order chi connectivity index (χ1) is 10.4. The van der Waals surface area contributed by atoms with Crippen LogP contribution in [0, 0.1) is 0 Å². The van der Waals surface area contributed by atoms with Crippen LogP contribution in [0.2, 0.25) is 0 Å². The summed E-state index contributed by atoms with van der Waals surface area (Å²) in [5.41, 5.74) is 6.39. The molecule has 0 bridgehead atoms. The molecule has 0 radical (unpaired) electrons. The lowest BCUT2D eigenvalue weighted by atomic mass is 10.2. The zero-order valence-electron chi connectivity index (χ0n) is 12.4. The minimum absolute atomic E-state index is 0.135. The third kappa shape index (κ3) is 3.57. The van der Waals surface area contributed by atoms with Gasteiger partial charge in [0.1, 0.15) is 4.21 Å². The molecule has 2 aromatic rings. The van der Waals surface area contributed by atoms with E-state index in [0.717, 1.165) is 16.9 Å². The molecule has 0 spiro atoms. The van der Waals surface area contributed by atoms with Crippen molar-refractivity contribution in [1.29, 1.82) is 0 Å². The van der Waals surface area contributed by atoms with E-state index in [0.29, 0.717) is 13.0 Å². The predicted molar refractivity (Wildman–Crippen MR) is 89.6 cm³/mol. The van der Waals surface area contributed by atoms with Crippen LogP contribution in [0.15, 0.2) is 32.5 Å². The lowest BCUT2D eigenvalue weighted by molar-refractivity contribution is 0.100. The molecule has 1 amide bonds. The Bertz CT molecular complexity index is 735. The van der Waals surface area contributed by atoms with Gasteiger partial charge in [-0.2, -0.15) is 15.6 Å². The normalized spacial score (nSPS) is 13.4. The highest BCUT2D eigenvalue weighted by atomic mass is 32.2. The molecule has 0 aliphatic rings. The maximum atomic E-state index is 12.9. The summed E-state index contributed by atoms with van der Waals surface area (Å²) in [6, 6.07) is 3.13. The van der Waals surface area contributed by atoms with E-state index in [1.54, 1.807) is 0 Å². The van der Waals surface area contributed by atoms with Crippen molar-refractivity contribution in [2.45, 2.75) is 37.1 Å². The minimum Gasteiger partial charge on any atom is -0.366 e. The highest BCUT2D eigenvalue weighted by Gasteiger charge is 2.30. The standard InChI is InChI=1S/C14H18N2O3S3/c1-3-10(2)16(7-11-4-5-20-8-11)22(18,19)13-6-12(9-21-13)14(15)17/h4-6,8-10H,3,7H2,1-2H3,(H2,15,17). The first-order valence-electron chi connectivity index (χ1n) is 6.77. The summed E-state index contributed by atoms with van der Waals surface area (Å²) in [6.07, 6.45) is 0.706. The number of nitrogens with two attached hydrogens (primary N) is 1. The summed E-state index contributed by atoms with van der Waals surface area (Å²) in [5.74, 6) is -0.620. The Morgan fingerprint density at radius 1 is 1.41 bits per heavy atom. The van der Waals surface area contributed by atoms with Gasteiger partial charge in [0.15, 0.2) is 0 Å². The number of hydrogen-bond donors (Lipinski definition) is 1. The first kappa shape index (κ1) is 17.1. The zero-order valence-corrected chi connectivity index (χ0v) is 14.8. The van der Waals surface area contributed by atoms with Crippen molar-refractivity contribution in [3.05, 3.63) is 39.4 Å². The van der Waals surface area contributed by atoms with Gasteiger partial charge in [-0.3, -0.25) is 4.79 Å². The smallest absolute Gasteiger partial charge is 0.253 e. The average Bonchev–Trinajstić information content (AvgIpc) is 3.14. The molecular formula is C14H18N2O3S3. The third-order valence-corrected chi connectivity index (χ3v) is 7.53. The second-order valence-electron chi connectivity index (χ2n) is 4.96. The second-order valence-corrected chi connectivity index (χ2v) is 8.77. The zero-order chi connectivity index (χ0) is 16.3. The molecule has 0 aliphatic heterocycles. The van der Waals surface area contributed by atoms with E-state index < -0.39 is 15.9 Å². The maximum absolute atomic E-state index is 12.9. The fourth-order valence-corrected chi connectivity index (χ4v) is 5.59. The van der Waals surface area contributed by atoms with Crippen molar-refractivity contribution in [1.82, 2.24) is 4.31 Å². The molecule has 2 heterocycles. The van der Waals surface area contributed by atoms with Gasteiger partial charge in [-0.15, -0.1) is 11.3 Å². The molecule has 8 heteroatoms. The number of nitrogens with zero attached hydrogens (tertiary/aromatic N) is 1. The number of carbonyl (C=O) groups is 1. The van der Waals surface area contributed by atoms with Gasteiger partial charge in [-0.05, 0) is 41.8 Å². The van der Waals surface area contributed by atoms with Gasteiger partial charge in [-0.1, -0.05) is 6.92 Å². The van der Waals surface area contributed by atoms with Gasteiger partial charge in [0, 0.05) is 18.0 Å². The summed E-state index contributed by atoms with van der Waals surface area (Å²) in [7, 11) is -3.65. The van der Waals surface area contributed by atoms with Crippen LogP contribution in [0.3, 0.4) is 0 Å². The van der Waals surface area contributed by atoms with Crippen molar-refractivity contribution in [2.75, 3.05) is 0 Å². The van der Waals surface area contributed by atoms with Gasteiger partial charge in [0.05, 0.1) is 5.56 Å². The van der Waals surface area contributed by atoms with E-state index >= 15 is 0 Å². The molecule has 0 aromatic carbocycles. The van der Waals surface area contributed by atoms with Gasteiger partial charge < -0.3 is 5.73 Å². The lowest BCUT2D eigenvalue weighted by Gasteiger charge is -2.26. The molecule has 0 aliphatic carbocycles. The number of sulfonamides is 1. The van der Waals surface area contributed by atoms with Crippen molar-refractivity contribution < 1.29 is 13.2 Å². The van der Waals surface area contributed by atoms with Crippen molar-refractivity contribution in [3.8, 4) is 0 Å². The summed E-state index contributed by atoms with van der Waals surface area (Å²) >= 11 is 2.56. The highest BCUT2D eigenvalue weighted by molar-refractivity contribution is 7.91. The van der Waals surface area contributed by atoms with Crippen LogP contribution >= 0.6 is 22.7 Å². The molecular weight excluding hydrogens is 340 g/mol. The molecule has 5 nitrogen and oxygen atoms in total. The second kappa shape index (κ2) is 6.91. The summed E-state index contributed by atoms with van der Waals surface area (Å²) in [5, 5.41) is 5.34.